The average molecular weight is 446 g/mol. The second-order valence-electron chi connectivity index (χ2n) is 10.1. The fourth-order valence-electron chi connectivity index (χ4n) is 6.74. The van der Waals surface area contributed by atoms with Gasteiger partial charge in [-0.2, -0.15) is 0 Å². The number of esters is 2. The quantitative estimate of drug-likeness (QED) is 0.659. The van der Waals surface area contributed by atoms with Crippen molar-refractivity contribution in [3.05, 3.63) is 24.2 Å². The Hall–Kier alpha value is -2.64. The number of furan rings is 1. The Morgan fingerprint density at radius 1 is 1.22 bits per heavy atom. The van der Waals surface area contributed by atoms with Crippen molar-refractivity contribution in [1.82, 2.24) is 4.90 Å². The molecule has 3 aliphatic rings. The van der Waals surface area contributed by atoms with Gasteiger partial charge in [0.25, 0.3) is 0 Å². The number of fused-ring (bicyclic) bond motifs is 3. The van der Waals surface area contributed by atoms with Crippen molar-refractivity contribution in [2.75, 3.05) is 14.2 Å². The van der Waals surface area contributed by atoms with Crippen molar-refractivity contribution < 1.29 is 33.1 Å². The highest BCUT2D eigenvalue weighted by molar-refractivity contribution is 5.95. The van der Waals surface area contributed by atoms with Gasteiger partial charge in [0, 0.05) is 25.5 Å². The summed E-state index contributed by atoms with van der Waals surface area (Å²) in [6, 6.07) is 1.02. The Morgan fingerprint density at radius 2 is 1.94 bits per heavy atom. The van der Waals surface area contributed by atoms with Gasteiger partial charge in [-0.25, -0.2) is 0 Å². The lowest BCUT2D eigenvalue weighted by molar-refractivity contribution is -0.206. The summed E-state index contributed by atoms with van der Waals surface area (Å²) in [6.45, 7) is 5.34. The van der Waals surface area contributed by atoms with Crippen molar-refractivity contribution in [2.24, 2.45) is 28.6 Å². The first-order valence-corrected chi connectivity index (χ1v) is 11.1. The maximum atomic E-state index is 14.0. The van der Waals surface area contributed by atoms with E-state index < -0.39 is 40.7 Å². The van der Waals surface area contributed by atoms with Gasteiger partial charge >= 0.3 is 11.9 Å². The molecule has 32 heavy (non-hydrogen) atoms. The van der Waals surface area contributed by atoms with Gasteiger partial charge in [-0.05, 0) is 42.6 Å². The van der Waals surface area contributed by atoms with Crippen LogP contribution < -0.4 is 0 Å². The number of amides is 1. The molecule has 1 aromatic rings. The molecule has 2 heterocycles. The van der Waals surface area contributed by atoms with E-state index in [0.29, 0.717) is 19.3 Å². The summed E-state index contributed by atoms with van der Waals surface area (Å²) in [5.41, 5.74) is -0.665. The second kappa shape index (κ2) is 7.74. The molecule has 1 amide bonds. The zero-order valence-corrected chi connectivity index (χ0v) is 19.3. The Morgan fingerprint density at radius 3 is 2.53 bits per heavy atom. The van der Waals surface area contributed by atoms with Gasteiger partial charge in [0.2, 0.25) is 5.91 Å². The summed E-state index contributed by atoms with van der Waals surface area (Å²) in [5, 5.41) is 0. The standard InChI is InChI=1S/C24H31NO7/c1-13(26)25(4)17-10-16(21(28)30-5)23(2)8-6-15-22(29)32-18(14-7-9-31-12-14)11-24(15,3)20(23)19(17)27/h7,9,12,15-18,20H,6,8,10-11H2,1-5H3/t15-,16-,17+,18+,20-,23-,24-/m0/s1. The molecular weight excluding hydrogens is 414 g/mol. The summed E-state index contributed by atoms with van der Waals surface area (Å²) in [5.74, 6) is -2.63. The molecule has 7 atom stereocenters. The highest BCUT2D eigenvalue weighted by atomic mass is 16.5. The van der Waals surface area contributed by atoms with E-state index in [-0.39, 0.29) is 30.0 Å². The normalized spacial score (nSPS) is 38.8. The second-order valence-corrected chi connectivity index (χ2v) is 10.1. The first-order chi connectivity index (χ1) is 15.0. The van der Waals surface area contributed by atoms with Crippen LogP contribution in [-0.2, 0) is 28.7 Å². The number of nitrogens with zero attached hydrogens (tertiary/aromatic N) is 1. The molecule has 1 saturated heterocycles. The molecule has 1 aromatic heterocycles. The SMILES string of the molecule is COC(=O)[C@@H]1C[C@@H](N(C)C(C)=O)C(=O)[C@H]2[C@@]1(C)CC[C@H]1C(=O)O[C@@H](c3ccoc3)C[C@]21C. The van der Waals surface area contributed by atoms with E-state index in [4.69, 9.17) is 13.9 Å². The van der Waals surface area contributed by atoms with Crippen LogP contribution in [0, 0.1) is 28.6 Å². The van der Waals surface area contributed by atoms with Crippen LogP contribution in [0.1, 0.15) is 58.1 Å². The third kappa shape index (κ3) is 3.18. The van der Waals surface area contributed by atoms with Gasteiger partial charge in [-0.1, -0.05) is 13.8 Å². The number of rotatable bonds is 3. The number of hydrogen-bond donors (Lipinski definition) is 0. The van der Waals surface area contributed by atoms with Gasteiger partial charge in [0.1, 0.15) is 6.10 Å². The number of carbonyl (C=O) groups excluding carboxylic acids is 4. The molecule has 4 rings (SSSR count). The van der Waals surface area contributed by atoms with Gasteiger partial charge in [-0.15, -0.1) is 0 Å². The number of hydrogen-bond acceptors (Lipinski definition) is 7. The molecule has 3 fully saturated rings. The number of cyclic esters (lactones) is 1. The molecule has 0 unspecified atom stereocenters. The monoisotopic (exact) mass is 445 g/mol. The van der Waals surface area contributed by atoms with Crippen molar-refractivity contribution in [1.29, 1.82) is 0 Å². The lowest BCUT2D eigenvalue weighted by Crippen LogP contribution is -2.66. The van der Waals surface area contributed by atoms with E-state index >= 15 is 0 Å². The number of ketones is 1. The van der Waals surface area contributed by atoms with Crippen molar-refractivity contribution in [3.63, 3.8) is 0 Å². The topological polar surface area (TPSA) is 103 Å². The van der Waals surface area contributed by atoms with E-state index in [1.807, 2.05) is 13.8 Å². The molecule has 174 valence electrons. The third-order valence-electron chi connectivity index (χ3n) is 8.49. The molecule has 0 aromatic carbocycles. The Balaban J connectivity index is 1.82. The lowest BCUT2D eigenvalue weighted by Gasteiger charge is -2.61. The van der Waals surface area contributed by atoms with Crippen LogP contribution in [0.15, 0.2) is 23.0 Å². The van der Waals surface area contributed by atoms with Crippen LogP contribution >= 0.6 is 0 Å². The van der Waals surface area contributed by atoms with Crippen molar-refractivity contribution in [3.8, 4) is 0 Å². The predicted octanol–water partition coefficient (Wildman–Crippen LogP) is 2.92. The number of ether oxygens (including phenoxy) is 2. The lowest BCUT2D eigenvalue weighted by atomic mass is 9.42. The minimum atomic E-state index is -0.740. The number of likely N-dealkylation sites (N-methyl/N-ethyl adjacent to an activating group) is 1. The summed E-state index contributed by atoms with van der Waals surface area (Å²) >= 11 is 0. The molecule has 0 radical (unpaired) electrons. The van der Waals surface area contributed by atoms with Gasteiger partial charge in [0.05, 0.1) is 37.5 Å². The summed E-state index contributed by atoms with van der Waals surface area (Å²) in [6.07, 6.45) is 4.29. The van der Waals surface area contributed by atoms with E-state index in [1.54, 1.807) is 19.4 Å². The molecule has 2 aliphatic carbocycles. The molecular formula is C24H31NO7. The van der Waals surface area contributed by atoms with Crippen molar-refractivity contribution in [2.45, 2.75) is 58.6 Å². The molecule has 0 bridgehead atoms. The van der Waals surface area contributed by atoms with Gasteiger partial charge in [-0.3, -0.25) is 19.2 Å². The highest BCUT2D eigenvalue weighted by Gasteiger charge is 2.67. The van der Waals surface area contributed by atoms with Crippen LogP contribution in [0.5, 0.6) is 0 Å². The molecule has 8 heteroatoms. The van der Waals surface area contributed by atoms with Crippen LogP contribution in [-0.4, -0.2) is 48.7 Å². The van der Waals surface area contributed by atoms with Crippen LogP contribution in [0.25, 0.3) is 0 Å². The fourth-order valence-corrected chi connectivity index (χ4v) is 6.74. The molecule has 8 nitrogen and oxygen atoms in total. The van der Waals surface area contributed by atoms with Gasteiger partial charge in [0.15, 0.2) is 5.78 Å². The first kappa shape index (κ1) is 22.6. The summed E-state index contributed by atoms with van der Waals surface area (Å²) in [7, 11) is 2.94. The average Bonchev–Trinajstić information content (AvgIpc) is 3.26. The Labute approximate surface area is 187 Å². The van der Waals surface area contributed by atoms with Crippen molar-refractivity contribution >= 4 is 23.6 Å². The first-order valence-electron chi connectivity index (χ1n) is 11.1. The summed E-state index contributed by atoms with van der Waals surface area (Å²) in [4.78, 5) is 53.6. The van der Waals surface area contributed by atoms with E-state index in [1.165, 1.54) is 25.2 Å². The Kier molecular flexibility index (Phi) is 5.46. The van der Waals surface area contributed by atoms with E-state index in [0.717, 1.165) is 5.56 Å². The highest BCUT2D eigenvalue weighted by Crippen LogP contribution is 2.65. The van der Waals surface area contributed by atoms with E-state index in [9.17, 15) is 19.2 Å². The van der Waals surface area contributed by atoms with Gasteiger partial charge < -0.3 is 18.8 Å². The number of methoxy groups -OCH3 is 1. The third-order valence-corrected chi connectivity index (χ3v) is 8.49. The number of carbonyl (C=O) groups is 4. The minimum absolute atomic E-state index is 0.0850. The Bertz CT molecular complexity index is 940. The fraction of sp³-hybridized carbons (Fsp3) is 0.667. The van der Waals surface area contributed by atoms with Crippen LogP contribution in [0.4, 0.5) is 0 Å². The molecule has 2 saturated carbocycles. The maximum absolute atomic E-state index is 14.0. The summed E-state index contributed by atoms with van der Waals surface area (Å²) < 4.78 is 16.1. The number of Topliss-reactive ketones (excluding diaryl/α,β-unsaturated/α-hetero) is 1. The van der Waals surface area contributed by atoms with Crippen LogP contribution in [0.2, 0.25) is 0 Å². The molecule has 1 aliphatic heterocycles. The zero-order chi connectivity index (χ0) is 23.4. The molecule has 0 spiro atoms. The zero-order valence-electron chi connectivity index (χ0n) is 19.3. The molecule has 0 N–H and O–H groups in total. The van der Waals surface area contributed by atoms with E-state index in [2.05, 4.69) is 0 Å². The van der Waals surface area contributed by atoms with Crippen LogP contribution in [0.3, 0.4) is 0 Å². The minimum Gasteiger partial charge on any atom is -0.472 e. The predicted molar refractivity (Wildman–Crippen MR) is 112 cm³/mol. The smallest absolute Gasteiger partial charge is 0.310 e. The largest absolute Gasteiger partial charge is 0.472 e. The maximum Gasteiger partial charge on any atom is 0.310 e.